The van der Waals surface area contributed by atoms with E-state index >= 15 is 0 Å². The first-order chi connectivity index (χ1) is 14.2. The van der Waals surface area contributed by atoms with E-state index in [1.807, 2.05) is 67.6 Å². The number of rotatable bonds is 9. The zero-order valence-corrected chi connectivity index (χ0v) is 17.5. The molecule has 1 heterocycles. The van der Waals surface area contributed by atoms with Crippen LogP contribution in [-0.2, 0) is 37.0 Å². The highest BCUT2D eigenvalue weighted by atomic mass is 32.2. The second kappa shape index (κ2) is 11.0. The fraction of sp³-hybridized carbons (Fsp3) is 0.348. The lowest BCUT2D eigenvalue weighted by Gasteiger charge is -2.36. The fourth-order valence-electron chi connectivity index (χ4n) is 2.99. The van der Waals surface area contributed by atoms with Crippen LogP contribution in [0.5, 0.6) is 0 Å². The van der Waals surface area contributed by atoms with Gasteiger partial charge >= 0.3 is 5.97 Å². The molecule has 5 nitrogen and oxygen atoms in total. The van der Waals surface area contributed by atoms with Crippen molar-refractivity contribution < 1.29 is 23.7 Å². The van der Waals surface area contributed by atoms with Crippen LogP contribution in [0.2, 0.25) is 0 Å². The lowest BCUT2D eigenvalue weighted by molar-refractivity contribution is -0.148. The molecule has 0 aromatic heterocycles. The van der Waals surface area contributed by atoms with Crippen molar-refractivity contribution in [3.05, 3.63) is 83.6 Å². The molecule has 0 N–H and O–H groups in total. The second-order valence-electron chi connectivity index (χ2n) is 6.49. The molecule has 0 bridgehead atoms. The number of benzene rings is 2. The number of hydrogen-bond acceptors (Lipinski definition) is 6. The molecule has 0 saturated heterocycles. The van der Waals surface area contributed by atoms with Crippen LogP contribution in [0.25, 0.3) is 0 Å². The van der Waals surface area contributed by atoms with Gasteiger partial charge < -0.3 is 18.9 Å². The van der Waals surface area contributed by atoms with E-state index in [9.17, 15) is 4.79 Å². The van der Waals surface area contributed by atoms with Crippen LogP contribution in [0, 0.1) is 0 Å². The van der Waals surface area contributed by atoms with Crippen LogP contribution in [0.15, 0.2) is 72.5 Å². The SMILES string of the molecule is CCS[C@@H]1OC(C(=O)OC)=C[C@H](OCc2ccccc2)[C@H]1OCc1ccccc1. The van der Waals surface area contributed by atoms with Crippen molar-refractivity contribution in [2.75, 3.05) is 12.9 Å². The van der Waals surface area contributed by atoms with Crippen LogP contribution in [0.1, 0.15) is 18.1 Å². The van der Waals surface area contributed by atoms with Gasteiger partial charge in [-0.25, -0.2) is 4.79 Å². The van der Waals surface area contributed by atoms with Gasteiger partial charge in [0.25, 0.3) is 0 Å². The van der Waals surface area contributed by atoms with E-state index in [0.717, 1.165) is 16.9 Å². The number of carbonyl (C=O) groups excluding carboxylic acids is 1. The number of esters is 1. The van der Waals surface area contributed by atoms with Crippen molar-refractivity contribution in [2.45, 2.75) is 37.8 Å². The topological polar surface area (TPSA) is 54.0 Å². The third kappa shape index (κ3) is 6.10. The van der Waals surface area contributed by atoms with Gasteiger partial charge in [0.1, 0.15) is 12.2 Å². The van der Waals surface area contributed by atoms with E-state index in [0.29, 0.717) is 13.2 Å². The van der Waals surface area contributed by atoms with Gasteiger partial charge in [0.2, 0.25) is 5.76 Å². The summed E-state index contributed by atoms with van der Waals surface area (Å²) in [6, 6.07) is 19.9. The van der Waals surface area contributed by atoms with Crippen LogP contribution in [-0.4, -0.2) is 36.5 Å². The Bertz CT molecular complexity index is 793. The largest absolute Gasteiger partial charge is 0.470 e. The Morgan fingerprint density at radius 3 is 2.10 bits per heavy atom. The van der Waals surface area contributed by atoms with Crippen LogP contribution >= 0.6 is 11.8 Å². The summed E-state index contributed by atoms with van der Waals surface area (Å²) in [5.41, 5.74) is 1.74. The van der Waals surface area contributed by atoms with E-state index in [-0.39, 0.29) is 17.3 Å². The zero-order valence-electron chi connectivity index (χ0n) is 16.7. The average Bonchev–Trinajstić information content (AvgIpc) is 2.77. The molecule has 0 unspecified atom stereocenters. The number of carbonyl (C=O) groups is 1. The molecule has 0 amide bonds. The highest BCUT2D eigenvalue weighted by molar-refractivity contribution is 7.99. The van der Waals surface area contributed by atoms with Gasteiger partial charge in [-0.05, 0) is 23.0 Å². The molecule has 0 radical (unpaired) electrons. The van der Waals surface area contributed by atoms with E-state index in [1.54, 1.807) is 17.8 Å². The van der Waals surface area contributed by atoms with E-state index < -0.39 is 12.1 Å². The Morgan fingerprint density at radius 1 is 0.966 bits per heavy atom. The maximum absolute atomic E-state index is 12.1. The lowest BCUT2D eigenvalue weighted by atomic mass is 10.1. The number of hydrogen-bond donors (Lipinski definition) is 0. The van der Waals surface area contributed by atoms with E-state index in [1.165, 1.54) is 7.11 Å². The van der Waals surface area contributed by atoms with Crippen molar-refractivity contribution in [3.8, 4) is 0 Å². The molecule has 1 aliphatic rings. The predicted molar refractivity (Wildman–Crippen MR) is 113 cm³/mol. The van der Waals surface area contributed by atoms with Crippen molar-refractivity contribution in [1.82, 2.24) is 0 Å². The molecular formula is C23H26O5S. The summed E-state index contributed by atoms with van der Waals surface area (Å²) in [6.07, 6.45) is 0.861. The molecule has 0 spiro atoms. The fourth-order valence-corrected chi connectivity index (χ4v) is 3.91. The monoisotopic (exact) mass is 414 g/mol. The molecule has 1 aliphatic heterocycles. The van der Waals surface area contributed by atoms with Crippen molar-refractivity contribution in [1.29, 1.82) is 0 Å². The third-order valence-electron chi connectivity index (χ3n) is 4.44. The van der Waals surface area contributed by atoms with Gasteiger partial charge in [-0.3, -0.25) is 0 Å². The molecule has 0 aliphatic carbocycles. The Morgan fingerprint density at radius 2 is 1.55 bits per heavy atom. The summed E-state index contributed by atoms with van der Waals surface area (Å²) in [7, 11) is 1.34. The molecule has 6 heteroatoms. The predicted octanol–water partition coefficient (Wildman–Crippen LogP) is 4.32. The Kier molecular flexibility index (Phi) is 8.16. The van der Waals surface area contributed by atoms with Crippen LogP contribution in [0.4, 0.5) is 0 Å². The maximum Gasteiger partial charge on any atom is 0.373 e. The third-order valence-corrected chi connectivity index (χ3v) is 5.47. The van der Waals surface area contributed by atoms with Gasteiger partial charge in [0.05, 0.1) is 20.3 Å². The molecular weight excluding hydrogens is 388 g/mol. The molecule has 3 rings (SSSR count). The summed E-state index contributed by atoms with van der Waals surface area (Å²) in [5, 5.41) is 0. The van der Waals surface area contributed by atoms with Gasteiger partial charge in [0, 0.05) is 0 Å². The number of ether oxygens (including phenoxy) is 4. The Balaban J connectivity index is 1.79. The molecule has 3 atom stereocenters. The van der Waals surface area contributed by atoms with Gasteiger partial charge in [0.15, 0.2) is 5.44 Å². The quantitative estimate of drug-likeness (QED) is 0.570. The van der Waals surface area contributed by atoms with E-state index in [2.05, 4.69) is 0 Å². The summed E-state index contributed by atoms with van der Waals surface area (Å²) in [6.45, 7) is 2.88. The standard InChI is InChI=1S/C23H26O5S/c1-3-29-23-21(27-16-18-12-8-5-9-13-18)19(14-20(28-23)22(24)25-2)26-15-17-10-6-4-7-11-17/h4-14,19,21,23H,3,15-16H2,1-2H3/t19-,21+,23-/m0/s1. The highest BCUT2D eigenvalue weighted by Crippen LogP contribution is 2.31. The second-order valence-corrected chi connectivity index (χ2v) is 7.86. The Hall–Kier alpha value is -2.28. The lowest BCUT2D eigenvalue weighted by Crippen LogP contribution is -2.44. The first-order valence-corrected chi connectivity index (χ1v) is 10.7. The average molecular weight is 415 g/mol. The maximum atomic E-state index is 12.1. The minimum absolute atomic E-state index is 0.163. The summed E-state index contributed by atoms with van der Waals surface area (Å²) in [5.74, 6) is 0.466. The number of methoxy groups -OCH3 is 1. The zero-order chi connectivity index (χ0) is 20.5. The van der Waals surface area contributed by atoms with Crippen molar-refractivity contribution in [3.63, 3.8) is 0 Å². The smallest absolute Gasteiger partial charge is 0.373 e. The van der Waals surface area contributed by atoms with E-state index in [4.69, 9.17) is 18.9 Å². The minimum atomic E-state index is -0.512. The summed E-state index contributed by atoms with van der Waals surface area (Å²) < 4.78 is 23.2. The molecule has 29 heavy (non-hydrogen) atoms. The molecule has 0 saturated carbocycles. The van der Waals surface area contributed by atoms with Gasteiger partial charge in [-0.15, -0.1) is 11.8 Å². The molecule has 0 fully saturated rings. The van der Waals surface area contributed by atoms with Crippen LogP contribution < -0.4 is 0 Å². The first-order valence-electron chi connectivity index (χ1n) is 9.60. The first kappa shape index (κ1) is 21.4. The number of thioether (sulfide) groups is 1. The highest BCUT2D eigenvalue weighted by Gasteiger charge is 2.39. The van der Waals surface area contributed by atoms with Crippen molar-refractivity contribution in [2.24, 2.45) is 0 Å². The summed E-state index contributed by atoms with van der Waals surface area (Å²) >= 11 is 1.58. The summed E-state index contributed by atoms with van der Waals surface area (Å²) in [4.78, 5) is 12.1. The minimum Gasteiger partial charge on any atom is -0.470 e. The molecule has 154 valence electrons. The Labute approximate surface area is 176 Å². The van der Waals surface area contributed by atoms with Gasteiger partial charge in [-0.2, -0.15) is 0 Å². The van der Waals surface area contributed by atoms with Gasteiger partial charge in [-0.1, -0.05) is 67.6 Å². The van der Waals surface area contributed by atoms with Crippen molar-refractivity contribution >= 4 is 17.7 Å². The molecule has 2 aromatic carbocycles. The molecule has 2 aromatic rings. The van der Waals surface area contributed by atoms with Crippen LogP contribution in [0.3, 0.4) is 0 Å². The normalized spacial score (nSPS) is 21.2.